The van der Waals surface area contributed by atoms with Gasteiger partial charge in [0.1, 0.15) is 12.4 Å². The molecule has 6 nitrogen and oxygen atoms in total. The molecule has 0 saturated carbocycles. The van der Waals surface area contributed by atoms with Gasteiger partial charge in [0.05, 0.1) is 31.4 Å². The van der Waals surface area contributed by atoms with Gasteiger partial charge in [0.15, 0.2) is 6.29 Å². The maximum Gasteiger partial charge on any atom is 0.338 e. The van der Waals surface area contributed by atoms with Crippen molar-refractivity contribution in [1.29, 1.82) is 0 Å². The van der Waals surface area contributed by atoms with Gasteiger partial charge >= 0.3 is 5.97 Å². The minimum absolute atomic E-state index is 0. The lowest BCUT2D eigenvalue weighted by molar-refractivity contribution is -0.0505. The molecule has 1 heterocycles. The average molecular weight is 484 g/mol. The summed E-state index contributed by atoms with van der Waals surface area (Å²) in [5.41, 5.74) is 9.92. The van der Waals surface area contributed by atoms with Crippen molar-refractivity contribution in [1.82, 2.24) is 0 Å². The second-order valence-electron chi connectivity index (χ2n) is 7.90. The highest BCUT2D eigenvalue weighted by molar-refractivity contribution is 5.89. The van der Waals surface area contributed by atoms with Crippen molar-refractivity contribution in [3.8, 4) is 5.75 Å². The third kappa shape index (κ3) is 7.30. The summed E-state index contributed by atoms with van der Waals surface area (Å²) >= 11 is 0. The van der Waals surface area contributed by atoms with Gasteiger partial charge in [0, 0.05) is 6.42 Å². The van der Waals surface area contributed by atoms with Crippen molar-refractivity contribution < 1.29 is 23.7 Å². The molecule has 4 rings (SSSR count). The number of benzene rings is 3. The van der Waals surface area contributed by atoms with Crippen molar-refractivity contribution in [2.75, 3.05) is 19.8 Å². The quantitative estimate of drug-likeness (QED) is 0.321. The Morgan fingerprint density at radius 2 is 1.65 bits per heavy atom. The van der Waals surface area contributed by atoms with Crippen LogP contribution in [0.1, 0.15) is 45.9 Å². The lowest BCUT2D eigenvalue weighted by atomic mass is 10.00. The highest BCUT2D eigenvalue weighted by atomic mass is 35.5. The number of nitrogens with two attached hydrogens (primary N) is 1. The molecule has 0 aromatic heterocycles. The van der Waals surface area contributed by atoms with E-state index in [0.717, 1.165) is 28.9 Å². The number of ether oxygens (including phenoxy) is 4. The Labute approximate surface area is 206 Å². The Morgan fingerprint density at radius 1 is 0.941 bits per heavy atom. The lowest BCUT2D eigenvalue weighted by Crippen LogP contribution is -2.11. The molecule has 0 bridgehead atoms. The van der Waals surface area contributed by atoms with Crippen LogP contribution in [0.25, 0.3) is 0 Å². The average Bonchev–Trinajstić information content (AvgIpc) is 3.39. The van der Waals surface area contributed by atoms with Crippen molar-refractivity contribution in [3.05, 3.63) is 101 Å². The van der Waals surface area contributed by atoms with E-state index >= 15 is 0 Å². The predicted octanol–water partition coefficient (Wildman–Crippen LogP) is 5.05. The van der Waals surface area contributed by atoms with Gasteiger partial charge < -0.3 is 24.7 Å². The number of carbonyl (C=O) groups is 1. The number of rotatable bonds is 10. The first kappa shape index (κ1) is 25.7. The monoisotopic (exact) mass is 483 g/mol. The molecule has 2 N–H and O–H groups in total. The number of hydrogen-bond donors (Lipinski definition) is 1. The van der Waals surface area contributed by atoms with Gasteiger partial charge in [-0.15, -0.1) is 12.4 Å². The van der Waals surface area contributed by atoms with Crippen molar-refractivity contribution in [2.24, 2.45) is 5.73 Å². The largest absolute Gasteiger partial charge is 0.489 e. The third-order valence-corrected chi connectivity index (χ3v) is 5.48. The van der Waals surface area contributed by atoms with E-state index in [4.69, 9.17) is 24.7 Å². The molecule has 1 aliphatic rings. The molecule has 1 aliphatic heterocycles. The summed E-state index contributed by atoms with van der Waals surface area (Å²) in [6.45, 7) is 2.00. The number of carbonyl (C=O) groups excluding carboxylic acids is 1. The zero-order chi connectivity index (χ0) is 22.9. The summed E-state index contributed by atoms with van der Waals surface area (Å²) < 4.78 is 22.0. The van der Waals surface area contributed by atoms with E-state index in [0.29, 0.717) is 38.4 Å². The van der Waals surface area contributed by atoms with Gasteiger partial charge in [-0.3, -0.25) is 0 Å². The summed E-state index contributed by atoms with van der Waals surface area (Å²) in [6, 6.07) is 24.8. The van der Waals surface area contributed by atoms with Crippen LogP contribution in [0.15, 0.2) is 78.9 Å². The van der Waals surface area contributed by atoms with Gasteiger partial charge in [-0.05, 0) is 47.4 Å². The lowest BCUT2D eigenvalue weighted by Gasteiger charge is -2.14. The molecule has 3 aromatic rings. The smallest absolute Gasteiger partial charge is 0.338 e. The SMILES string of the molecule is Cl.NC(c1ccccc1)c1cccc(OCc2ccc(C(=O)OCCCC3OCCO3)cc2)c1. The predicted molar refractivity (Wildman–Crippen MR) is 132 cm³/mol. The fourth-order valence-electron chi connectivity index (χ4n) is 3.63. The Balaban J connectivity index is 0.00000324. The van der Waals surface area contributed by atoms with Gasteiger partial charge in [0.2, 0.25) is 0 Å². The van der Waals surface area contributed by atoms with Crippen LogP contribution in [0.4, 0.5) is 0 Å². The van der Waals surface area contributed by atoms with Crippen LogP contribution < -0.4 is 10.5 Å². The second-order valence-corrected chi connectivity index (χ2v) is 7.90. The second kappa shape index (κ2) is 13.1. The van der Waals surface area contributed by atoms with E-state index in [1.54, 1.807) is 12.1 Å². The number of halogens is 1. The Bertz CT molecular complexity index is 1020. The summed E-state index contributed by atoms with van der Waals surface area (Å²) in [7, 11) is 0. The van der Waals surface area contributed by atoms with Crippen molar-refractivity contribution >= 4 is 18.4 Å². The van der Waals surface area contributed by atoms with Crippen molar-refractivity contribution in [2.45, 2.75) is 31.8 Å². The topological polar surface area (TPSA) is 80.0 Å². The molecule has 34 heavy (non-hydrogen) atoms. The summed E-state index contributed by atoms with van der Waals surface area (Å²) in [5.74, 6) is 0.413. The first-order valence-electron chi connectivity index (χ1n) is 11.2. The molecule has 7 heteroatoms. The van der Waals surface area contributed by atoms with E-state index in [2.05, 4.69) is 0 Å². The zero-order valence-electron chi connectivity index (χ0n) is 18.9. The summed E-state index contributed by atoms with van der Waals surface area (Å²) in [5, 5.41) is 0. The van der Waals surface area contributed by atoms with Crippen LogP contribution in [0.3, 0.4) is 0 Å². The Morgan fingerprint density at radius 3 is 2.38 bits per heavy atom. The van der Waals surface area contributed by atoms with Gasteiger partial charge in [-0.25, -0.2) is 4.79 Å². The molecular weight excluding hydrogens is 454 g/mol. The summed E-state index contributed by atoms with van der Waals surface area (Å²) in [4.78, 5) is 12.2. The standard InChI is InChI=1S/C27H29NO5.ClH/c28-26(21-6-2-1-3-7-21)23-8-4-9-24(18-23)33-19-20-11-13-22(14-12-20)27(29)32-15-5-10-25-30-16-17-31-25;/h1-4,6-9,11-14,18,25-26H,5,10,15-17,19,28H2;1H. The molecule has 0 radical (unpaired) electrons. The van der Waals surface area contributed by atoms with E-state index in [-0.39, 0.29) is 30.7 Å². The first-order valence-corrected chi connectivity index (χ1v) is 11.2. The third-order valence-electron chi connectivity index (χ3n) is 5.48. The number of esters is 1. The van der Waals surface area contributed by atoms with Crippen LogP contribution in [0.5, 0.6) is 5.75 Å². The number of hydrogen-bond acceptors (Lipinski definition) is 6. The molecule has 1 atom stereocenters. The minimum atomic E-state index is -0.335. The molecule has 3 aromatic carbocycles. The van der Waals surface area contributed by atoms with E-state index in [9.17, 15) is 4.79 Å². The maximum atomic E-state index is 12.2. The maximum absolute atomic E-state index is 12.2. The Kier molecular flexibility index (Phi) is 9.91. The Hall–Kier alpha value is -2.90. The van der Waals surface area contributed by atoms with Crippen LogP contribution in [-0.2, 0) is 20.8 Å². The van der Waals surface area contributed by atoms with Crippen LogP contribution in [0.2, 0.25) is 0 Å². The zero-order valence-corrected chi connectivity index (χ0v) is 19.7. The normalized spacial score (nSPS) is 14.3. The molecule has 1 unspecified atom stereocenters. The van der Waals surface area contributed by atoms with E-state index in [1.807, 2.05) is 66.7 Å². The van der Waals surface area contributed by atoms with Gasteiger partial charge in [-0.1, -0.05) is 54.6 Å². The minimum Gasteiger partial charge on any atom is -0.489 e. The molecule has 0 aliphatic carbocycles. The molecule has 0 amide bonds. The van der Waals surface area contributed by atoms with Crippen LogP contribution >= 0.6 is 12.4 Å². The fraction of sp³-hybridized carbons (Fsp3) is 0.296. The summed E-state index contributed by atoms with van der Waals surface area (Å²) in [6.07, 6.45) is 1.26. The fourth-order valence-corrected chi connectivity index (χ4v) is 3.63. The van der Waals surface area contributed by atoms with Gasteiger partial charge in [0.25, 0.3) is 0 Å². The van der Waals surface area contributed by atoms with Crippen LogP contribution in [0, 0.1) is 0 Å². The van der Waals surface area contributed by atoms with Crippen molar-refractivity contribution in [3.63, 3.8) is 0 Å². The molecular formula is C27H30ClNO5. The first-order chi connectivity index (χ1) is 16.2. The van der Waals surface area contributed by atoms with Crippen LogP contribution in [-0.4, -0.2) is 32.1 Å². The molecule has 180 valence electrons. The highest BCUT2D eigenvalue weighted by Gasteiger charge is 2.15. The molecule has 0 spiro atoms. The van der Waals surface area contributed by atoms with E-state index < -0.39 is 0 Å². The molecule has 1 fully saturated rings. The van der Waals surface area contributed by atoms with Gasteiger partial charge in [-0.2, -0.15) is 0 Å². The highest BCUT2D eigenvalue weighted by Crippen LogP contribution is 2.24. The van der Waals surface area contributed by atoms with E-state index in [1.165, 1.54) is 0 Å². The molecule has 1 saturated heterocycles.